The molecule has 2 heteroatoms. The van der Waals surface area contributed by atoms with Crippen LogP contribution in [0.25, 0.3) is 0 Å². The Kier molecular flexibility index (Phi) is 12.3. The number of rotatable bonds is 0. The summed E-state index contributed by atoms with van der Waals surface area (Å²) in [6.07, 6.45) is 20.0. The van der Waals surface area contributed by atoms with Gasteiger partial charge in [0.15, 0.2) is 0 Å². The number of hydrogen-bond donors (Lipinski definition) is 0. The molecule has 0 N–H and O–H groups in total. The molecule has 20 heavy (non-hydrogen) atoms. The second-order valence-electron chi connectivity index (χ2n) is 6.02. The first kappa shape index (κ1) is 21.1. The molecular formula is C18H26SiZr. The van der Waals surface area contributed by atoms with Crippen molar-refractivity contribution in [2.75, 3.05) is 0 Å². The topological polar surface area (TPSA) is 0 Å². The summed E-state index contributed by atoms with van der Waals surface area (Å²) in [6, 6.07) is 2.78. The van der Waals surface area contributed by atoms with Crippen molar-refractivity contribution in [1.82, 2.24) is 0 Å². The first-order valence-electron chi connectivity index (χ1n) is 7.01. The monoisotopic (exact) mass is 360 g/mol. The van der Waals surface area contributed by atoms with E-state index in [1.54, 1.807) is 0 Å². The molecule has 0 unspecified atom stereocenters. The molecule has 106 valence electrons. The minimum atomic E-state index is -0.791. The Hall–Kier alpha value is 1.10. The molecule has 0 bridgehead atoms. The van der Waals surface area contributed by atoms with Crippen molar-refractivity contribution < 1.29 is 26.2 Å². The Balaban J connectivity index is 0.000000282. The van der Waals surface area contributed by atoms with Crippen LogP contribution < -0.4 is 0 Å². The molecule has 10 radical (unpaired) electrons. The molecule has 3 rings (SSSR count). The summed E-state index contributed by atoms with van der Waals surface area (Å²) < 4.78 is 0. The molecule has 2 aliphatic carbocycles. The molecule has 0 aromatic heterocycles. The van der Waals surface area contributed by atoms with Crippen molar-refractivity contribution in [3.05, 3.63) is 78.1 Å². The van der Waals surface area contributed by atoms with E-state index in [0.717, 1.165) is 0 Å². The largest absolute Gasteiger partial charge is 2.00 e. The van der Waals surface area contributed by atoms with Gasteiger partial charge in [-0.2, -0.15) is 11.8 Å². The Morgan fingerprint density at radius 1 is 0.650 bits per heavy atom. The normalized spacial score (nSPS) is 30.6. The maximum Gasteiger partial charge on any atom is 2.00 e. The third-order valence-electron chi connectivity index (χ3n) is 3.41. The third kappa shape index (κ3) is 9.93. The zero-order valence-corrected chi connectivity index (χ0v) is 16.2. The Labute approximate surface area is 149 Å². The summed E-state index contributed by atoms with van der Waals surface area (Å²) in [6.45, 7) is 13.1. The molecule has 3 aliphatic rings. The van der Waals surface area contributed by atoms with Crippen LogP contribution >= 0.6 is 0 Å². The van der Waals surface area contributed by atoms with Crippen LogP contribution in [0.4, 0.5) is 0 Å². The van der Waals surface area contributed by atoms with Gasteiger partial charge in [-0.05, 0) is 64.2 Å². The summed E-state index contributed by atoms with van der Waals surface area (Å²) in [7, 11) is -0.791. The van der Waals surface area contributed by atoms with Gasteiger partial charge in [-0.1, -0.05) is 25.2 Å². The van der Waals surface area contributed by atoms with Gasteiger partial charge in [0.25, 0.3) is 0 Å². The second kappa shape index (κ2) is 11.6. The average Bonchev–Trinajstić information content (AvgIpc) is 3.08. The molecule has 1 saturated heterocycles. The van der Waals surface area contributed by atoms with Gasteiger partial charge in [0.05, 0.1) is 0 Å². The summed E-state index contributed by atoms with van der Waals surface area (Å²) in [5, 5.41) is 0. The van der Waals surface area contributed by atoms with Crippen LogP contribution in [0.5, 0.6) is 0 Å². The fourth-order valence-corrected chi connectivity index (χ4v) is 6.15. The van der Waals surface area contributed by atoms with Gasteiger partial charge in [-0.3, -0.25) is 0 Å². The van der Waals surface area contributed by atoms with Gasteiger partial charge in [-0.15, -0.1) is 0 Å². The van der Waals surface area contributed by atoms with E-state index in [1.807, 2.05) is 64.2 Å². The molecule has 1 aliphatic heterocycles. The zero-order chi connectivity index (χ0) is 14.1. The van der Waals surface area contributed by atoms with E-state index >= 15 is 0 Å². The molecule has 1 heterocycles. The fraction of sp³-hybridized carbons (Fsp3) is 0.333. The number of hydrogen-bond acceptors (Lipinski definition) is 0. The van der Waals surface area contributed by atoms with E-state index in [2.05, 4.69) is 26.9 Å². The Morgan fingerprint density at radius 3 is 0.950 bits per heavy atom. The minimum absolute atomic E-state index is 0. The van der Waals surface area contributed by atoms with Gasteiger partial charge < -0.3 is 13.8 Å². The van der Waals surface area contributed by atoms with Crippen molar-refractivity contribution in [2.45, 2.75) is 25.2 Å². The van der Waals surface area contributed by atoms with E-state index in [4.69, 9.17) is 0 Å². The van der Waals surface area contributed by atoms with Crippen molar-refractivity contribution in [3.63, 3.8) is 0 Å². The Bertz CT molecular complexity index is 182. The first-order chi connectivity index (χ1) is 9.01. The summed E-state index contributed by atoms with van der Waals surface area (Å²) >= 11 is 0. The average molecular weight is 362 g/mol. The summed E-state index contributed by atoms with van der Waals surface area (Å²) in [5.41, 5.74) is 0. The van der Waals surface area contributed by atoms with Crippen molar-refractivity contribution in [1.29, 1.82) is 0 Å². The van der Waals surface area contributed by atoms with Crippen LogP contribution in [0.3, 0.4) is 0 Å². The molecular weight excluding hydrogens is 336 g/mol. The molecule has 0 amide bonds. The molecule has 2 atom stereocenters. The van der Waals surface area contributed by atoms with Gasteiger partial charge in [0, 0.05) is 8.07 Å². The van der Waals surface area contributed by atoms with Crippen LogP contribution in [-0.4, -0.2) is 8.07 Å². The van der Waals surface area contributed by atoms with E-state index in [9.17, 15) is 0 Å². The fourth-order valence-electron chi connectivity index (χ4n) is 2.48. The van der Waals surface area contributed by atoms with Crippen LogP contribution in [0.15, 0.2) is 0 Å². The van der Waals surface area contributed by atoms with Gasteiger partial charge in [-0.25, -0.2) is 0 Å². The van der Waals surface area contributed by atoms with Crippen LogP contribution in [0, 0.1) is 89.9 Å². The summed E-state index contributed by atoms with van der Waals surface area (Å²) in [5.74, 6) is 1.32. The molecule has 2 saturated carbocycles. The molecule has 3 fully saturated rings. The summed E-state index contributed by atoms with van der Waals surface area (Å²) in [4.78, 5) is 0. The van der Waals surface area contributed by atoms with Crippen molar-refractivity contribution in [3.8, 4) is 0 Å². The quantitative estimate of drug-likeness (QED) is 0.435. The van der Waals surface area contributed by atoms with Crippen molar-refractivity contribution in [2.24, 2.45) is 11.8 Å². The third-order valence-corrected chi connectivity index (χ3v) is 6.67. The molecule has 0 spiro atoms. The van der Waals surface area contributed by atoms with Gasteiger partial charge in [0.2, 0.25) is 0 Å². The zero-order valence-electron chi connectivity index (χ0n) is 12.8. The van der Waals surface area contributed by atoms with Crippen LogP contribution in [0.2, 0.25) is 25.2 Å². The minimum Gasteiger partial charge on any atom is -0.343 e. The smallest absolute Gasteiger partial charge is 0.343 e. The SMILES string of the molecule is [CH2-][C@H]1C[Si](C)(C)C[C@@H]1[CH2-].[CH]1[CH][CH][CH][CH]1.[CH]1[CH][CH][CH][CH]1.[Zr+2]. The molecule has 0 aromatic rings. The van der Waals surface area contributed by atoms with E-state index in [-0.39, 0.29) is 26.2 Å². The second-order valence-corrected chi connectivity index (χ2v) is 11.2. The predicted octanol–water partition coefficient (Wildman–Crippen LogP) is 4.65. The van der Waals surface area contributed by atoms with E-state index < -0.39 is 8.07 Å². The maximum absolute atomic E-state index is 4.09. The van der Waals surface area contributed by atoms with Gasteiger partial charge >= 0.3 is 26.2 Å². The van der Waals surface area contributed by atoms with E-state index in [0.29, 0.717) is 11.8 Å². The van der Waals surface area contributed by atoms with E-state index in [1.165, 1.54) is 12.1 Å². The predicted molar refractivity (Wildman–Crippen MR) is 87.8 cm³/mol. The molecule has 0 aromatic carbocycles. The maximum atomic E-state index is 4.09. The van der Waals surface area contributed by atoms with Gasteiger partial charge in [0.1, 0.15) is 0 Å². The van der Waals surface area contributed by atoms with Crippen LogP contribution in [-0.2, 0) is 26.2 Å². The first-order valence-corrected chi connectivity index (χ1v) is 10.4. The molecule has 0 nitrogen and oxygen atoms in total. The Morgan fingerprint density at radius 2 is 0.850 bits per heavy atom. The van der Waals surface area contributed by atoms with Crippen LogP contribution in [0.1, 0.15) is 0 Å². The van der Waals surface area contributed by atoms with Crippen molar-refractivity contribution >= 4 is 8.07 Å². The standard InChI is InChI=1S/C8H16Si.2C5H5.Zr/c1-7-5-9(3,4)6-8(7)2;2*1-2-4-5-3-1;/h7-8H,1-2,5-6H2,3-4H3;2*1-5H;/q-2;;;+2/t7-,8-;;;/m0.../s1.